The van der Waals surface area contributed by atoms with Gasteiger partial charge in [-0.25, -0.2) is 0 Å². The van der Waals surface area contributed by atoms with Crippen LogP contribution in [0.1, 0.15) is 33.1 Å². The van der Waals surface area contributed by atoms with Crippen molar-refractivity contribution in [3.63, 3.8) is 0 Å². The maximum Gasteiger partial charge on any atom is 0.0247 e. The molecule has 0 aromatic heterocycles. The van der Waals surface area contributed by atoms with Gasteiger partial charge in [-0.2, -0.15) is 11.8 Å². The molecule has 2 rings (SSSR count). The van der Waals surface area contributed by atoms with Gasteiger partial charge in [-0.3, -0.25) is 4.90 Å². The first-order chi connectivity index (χ1) is 7.22. The maximum atomic E-state index is 5.94. The second-order valence-electron chi connectivity index (χ2n) is 5.19. The number of nitrogens with zero attached hydrogens (tertiary/aromatic N) is 1. The average Bonchev–Trinajstić information content (AvgIpc) is 2.64. The van der Waals surface area contributed by atoms with E-state index in [1.807, 2.05) is 0 Å². The van der Waals surface area contributed by atoms with E-state index in [2.05, 4.69) is 30.5 Å². The molecule has 0 amide bonds. The van der Waals surface area contributed by atoms with Crippen LogP contribution in [0.4, 0.5) is 0 Å². The van der Waals surface area contributed by atoms with Crippen molar-refractivity contribution >= 4 is 11.8 Å². The first-order valence-corrected chi connectivity index (χ1v) is 7.34. The van der Waals surface area contributed by atoms with Crippen molar-refractivity contribution in [2.75, 3.05) is 18.8 Å². The summed E-state index contributed by atoms with van der Waals surface area (Å²) in [5.41, 5.74) is 5.94. The highest BCUT2D eigenvalue weighted by Crippen LogP contribution is 2.34. The average molecular weight is 228 g/mol. The second kappa shape index (κ2) is 5.07. The molecule has 2 nitrogen and oxygen atoms in total. The number of rotatable bonds is 2. The van der Waals surface area contributed by atoms with E-state index in [9.17, 15) is 0 Å². The fourth-order valence-corrected chi connectivity index (χ4v) is 4.36. The summed E-state index contributed by atoms with van der Waals surface area (Å²) in [4.78, 5) is 2.71. The molecule has 2 heterocycles. The highest BCUT2D eigenvalue weighted by molar-refractivity contribution is 8.00. The van der Waals surface area contributed by atoms with Crippen LogP contribution in [0, 0.1) is 5.92 Å². The van der Waals surface area contributed by atoms with E-state index < -0.39 is 0 Å². The minimum absolute atomic E-state index is 0.648. The third-order valence-corrected chi connectivity index (χ3v) is 5.38. The quantitative estimate of drug-likeness (QED) is 0.783. The van der Waals surface area contributed by atoms with E-state index >= 15 is 0 Å². The molecule has 2 aliphatic heterocycles. The van der Waals surface area contributed by atoms with Crippen molar-refractivity contribution in [2.45, 2.75) is 50.4 Å². The molecule has 2 N–H and O–H groups in total. The Labute approximate surface area is 98.0 Å². The predicted molar refractivity (Wildman–Crippen MR) is 68.3 cm³/mol. The Morgan fingerprint density at radius 3 is 2.80 bits per heavy atom. The molecule has 88 valence electrons. The molecule has 3 heteroatoms. The van der Waals surface area contributed by atoms with Gasteiger partial charge >= 0.3 is 0 Å². The van der Waals surface area contributed by atoms with Gasteiger partial charge in [0.2, 0.25) is 0 Å². The summed E-state index contributed by atoms with van der Waals surface area (Å²) in [5.74, 6) is 2.12. The van der Waals surface area contributed by atoms with Crippen molar-refractivity contribution in [2.24, 2.45) is 11.7 Å². The Hall–Kier alpha value is 0.270. The molecule has 2 fully saturated rings. The van der Waals surface area contributed by atoms with Gasteiger partial charge in [0.15, 0.2) is 0 Å². The standard InChI is InChI=1S/C12H24N2S/c1-9-4-3-5-14(12(9)7-13)11-6-10(2)15-8-11/h9-12H,3-8,13H2,1-2H3. The van der Waals surface area contributed by atoms with E-state index in [0.717, 1.165) is 23.8 Å². The van der Waals surface area contributed by atoms with E-state index in [0.29, 0.717) is 6.04 Å². The Bertz CT molecular complexity index is 210. The second-order valence-corrected chi connectivity index (χ2v) is 6.67. The number of hydrogen-bond donors (Lipinski definition) is 1. The number of piperidine rings is 1. The smallest absolute Gasteiger partial charge is 0.0247 e. The van der Waals surface area contributed by atoms with Gasteiger partial charge in [-0.1, -0.05) is 13.8 Å². The van der Waals surface area contributed by atoms with E-state index in [1.54, 1.807) is 0 Å². The van der Waals surface area contributed by atoms with Crippen molar-refractivity contribution in [3.8, 4) is 0 Å². The van der Waals surface area contributed by atoms with Crippen molar-refractivity contribution in [1.82, 2.24) is 4.90 Å². The van der Waals surface area contributed by atoms with Gasteiger partial charge in [0.25, 0.3) is 0 Å². The minimum atomic E-state index is 0.648. The summed E-state index contributed by atoms with van der Waals surface area (Å²) in [7, 11) is 0. The zero-order valence-corrected chi connectivity index (χ0v) is 10.8. The minimum Gasteiger partial charge on any atom is -0.329 e. The molecule has 0 aromatic carbocycles. The lowest BCUT2D eigenvalue weighted by Crippen LogP contribution is -2.53. The topological polar surface area (TPSA) is 29.3 Å². The fraction of sp³-hybridized carbons (Fsp3) is 1.00. The summed E-state index contributed by atoms with van der Waals surface area (Å²) in [5, 5.41) is 0.852. The van der Waals surface area contributed by atoms with Crippen LogP contribution in [0.2, 0.25) is 0 Å². The van der Waals surface area contributed by atoms with Gasteiger partial charge in [0.05, 0.1) is 0 Å². The van der Waals surface area contributed by atoms with Gasteiger partial charge in [-0.05, 0) is 31.7 Å². The number of nitrogens with two attached hydrogens (primary N) is 1. The molecule has 0 bridgehead atoms. The largest absolute Gasteiger partial charge is 0.329 e. The maximum absolute atomic E-state index is 5.94. The molecular weight excluding hydrogens is 204 g/mol. The lowest BCUT2D eigenvalue weighted by atomic mass is 9.89. The highest BCUT2D eigenvalue weighted by Gasteiger charge is 2.35. The predicted octanol–water partition coefficient (Wildman–Crippen LogP) is 1.94. The number of hydrogen-bond acceptors (Lipinski definition) is 3. The number of thioether (sulfide) groups is 1. The molecule has 2 aliphatic rings. The van der Waals surface area contributed by atoms with Gasteiger partial charge < -0.3 is 5.73 Å². The van der Waals surface area contributed by atoms with Gasteiger partial charge in [0.1, 0.15) is 0 Å². The molecule has 4 atom stereocenters. The molecule has 15 heavy (non-hydrogen) atoms. The fourth-order valence-electron chi connectivity index (χ4n) is 3.13. The lowest BCUT2D eigenvalue weighted by Gasteiger charge is -2.43. The summed E-state index contributed by atoms with van der Waals surface area (Å²) in [6, 6.07) is 1.45. The van der Waals surface area contributed by atoms with Crippen molar-refractivity contribution in [1.29, 1.82) is 0 Å². The molecule has 4 unspecified atom stereocenters. The molecule has 0 saturated carbocycles. The normalized spacial score (nSPS) is 43.4. The van der Waals surface area contributed by atoms with Crippen LogP contribution >= 0.6 is 11.8 Å². The summed E-state index contributed by atoms with van der Waals surface area (Å²) in [6.45, 7) is 6.85. The van der Waals surface area contributed by atoms with Crippen LogP contribution in [-0.4, -0.2) is 41.1 Å². The van der Waals surface area contributed by atoms with Crippen molar-refractivity contribution < 1.29 is 0 Å². The van der Waals surface area contributed by atoms with Crippen molar-refractivity contribution in [3.05, 3.63) is 0 Å². The monoisotopic (exact) mass is 228 g/mol. The van der Waals surface area contributed by atoms with Crippen LogP contribution in [0.15, 0.2) is 0 Å². The Morgan fingerprint density at radius 2 is 2.20 bits per heavy atom. The van der Waals surface area contributed by atoms with Crippen LogP contribution in [-0.2, 0) is 0 Å². The molecular formula is C12H24N2S. The van der Waals surface area contributed by atoms with Crippen LogP contribution in [0.25, 0.3) is 0 Å². The summed E-state index contributed by atoms with van der Waals surface area (Å²) < 4.78 is 0. The zero-order valence-electron chi connectivity index (χ0n) is 9.98. The Morgan fingerprint density at radius 1 is 1.40 bits per heavy atom. The van der Waals surface area contributed by atoms with Crippen LogP contribution < -0.4 is 5.73 Å². The number of likely N-dealkylation sites (tertiary alicyclic amines) is 1. The molecule has 0 spiro atoms. The van der Waals surface area contributed by atoms with Gasteiger partial charge in [-0.15, -0.1) is 0 Å². The summed E-state index contributed by atoms with van der Waals surface area (Å²) >= 11 is 2.13. The molecule has 2 saturated heterocycles. The summed E-state index contributed by atoms with van der Waals surface area (Å²) in [6.07, 6.45) is 4.11. The lowest BCUT2D eigenvalue weighted by molar-refractivity contribution is 0.0705. The van der Waals surface area contributed by atoms with Gasteiger partial charge in [0, 0.05) is 29.6 Å². The zero-order chi connectivity index (χ0) is 10.8. The SMILES string of the molecule is CC1CC(N2CCCC(C)C2CN)CS1. The molecule has 0 aromatic rings. The van der Waals surface area contributed by atoms with E-state index in [-0.39, 0.29) is 0 Å². The Kier molecular flexibility index (Phi) is 3.97. The highest BCUT2D eigenvalue weighted by atomic mass is 32.2. The third kappa shape index (κ3) is 2.51. The van der Waals surface area contributed by atoms with E-state index in [4.69, 9.17) is 5.73 Å². The molecule has 0 aliphatic carbocycles. The Balaban J connectivity index is 1.99. The van der Waals surface area contributed by atoms with Crippen LogP contribution in [0.5, 0.6) is 0 Å². The first kappa shape index (κ1) is 11.7. The first-order valence-electron chi connectivity index (χ1n) is 6.29. The van der Waals surface area contributed by atoms with Crippen LogP contribution in [0.3, 0.4) is 0 Å². The third-order valence-electron chi connectivity index (χ3n) is 4.05. The molecule has 0 radical (unpaired) electrons. The van der Waals surface area contributed by atoms with E-state index in [1.165, 1.54) is 31.6 Å².